The largest absolute Gasteiger partial charge is 0.459 e. The first-order valence-electron chi connectivity index (χ1n) is 11.0. The molecule has 2 aliphatic rings. The summed E-state index contributed by atoms with van der Waals surface area (Å²) in [7, 11) is 1.95. The summed E-state index contributed by atoms with van der Waals surface area (Å²) in [6.45, 7) is 4.18. The maximum absolute atomic E-state index is 14.2. The molecule has 6 heteroatoms. The Bertz CT molecular complexity index is 1500. The minimum atomic E-state index is -1.50. The van der Waals surface area contributed by atoms with Crippen molar-refractivity contribution in [2.45, 2.75) is 25.0 Å². The first-order chi connectivity index (χ1) is 16.2. The van der Waals surface area contributed by atoms with Crippen LogP contribution in [0.2, 0.25) is 0 Å². The molecule has 0 saturated carbocycles. The lowest BCUT2D eigenvalue weighted by atomic mass is 9.77. The first kappa shape index (κ1) is 20.8. The average molecular weight is 458 g/mol. The van der Waals surface area contributed by atoms with Gasteiger partial charge in [0.25, 0.3) is 0 Å². The monoisotopic (exact) mass is 458 g/mol. The fraction of sp³-hybridized carbons (Fsp3) is 0.179. The number of hydrogen-bond donors (Lipinski definition) is 0. The van der Waals surface area contributed by atoms with Gasteiger partial charge in [0.05, 0.1) is 11.6 Å². The predicted molar refractivity (Wildman–Crippen MR) is 129 cm³/mol. The fourth-order valence-corrected chi connectivity index (χ4v) is 5.33. The van der Waals surface area contributed by atoms with Gasteiger partial charge in [-0.2, -0.15) is 0 Å². The van der Waals surface area contributed by atoms with Crippen LogP contribution in [0.5, 0.6) is 5.75 Å². The molecule has 4 aromatic carbocycles. The Morgan fingerprint density at radius 1 is 0.882 bits per heavy atom. The summed E-state index contributed by atoms with van der Waals surface area (Å²) in [4.78, 5) is 6.92. The highest BCUT2D eigenvalue weighted by Crippen LogP contribution is 2.56. The van der Waals surface area contributed by atoms with E-state index < -0.39 is 28.6 Å². The van der Waals surface area contributed by atoms with Crippen molar-refractivity contribution in [2.75, 3.05) is 11.9 Å². The van der Waals surface area contributed by atoms with Crippen molar-refractivity contribution >= 4 is 28.4 Å². The average Bonchev–Trinajstić information content (AvgIpc) is 3.00. The third-order valence-corrected chi connectivity index (χ3v) is 7.23. The lowest BCUT2D eigenvalue weighted by molar-refractivity contribution is 0.0833. The van der Waals surface area contributed by atoms with Crippen molar-refractivity contribution in [3.8, 4) is 16.9 Å². The standard InChI is InChI=1S/C28H21F3N2O/c1-27(2)20-10-6-7-11-23(20)33(3)28(27)15-32-25-18-9-5-4-8-16(18)12-19(26(25)34-28)17-13-21(29)24(31)22(30)14-17/h4-15H,1-3H3. The molecule has 2 aliphatic heterocycles. The topological polar surface area (TPSA) is 24.8 Å². The van der Waals surface area contributed by atoms with Crippen LogP contribution in [0.3, 0.4) is 0 Å². The van der Waals surface area contributed by atoms with E-state index in [1.54, 1.807) is 0 Å². The number of benzene rings is 4. The Kier molecular flexibility index (Phi) is 4.19. The highest BCUT2D eigenvalue weighted by atomic mass is 19.2. The van der Waals surface area contributed by atoms with E-state index in [4.69, 9.17) is 9.73 Å². The van der Waals surface area contributed by atoms with Crippen molar-refractivity contribution in [3.63, 3.8) is 0 Å². The number of halogens is 3. The SMILES string of the molecule is CN1c2ccccc2C(C)(C)C12C=Nc1c(c(-c3cc(F)c(F)c(F)c3)cc3ccccc13)O2. The first-order valence-corrected chi connectivity index (χ1v) is 11.0. The summed E-state index contributed by atoms with van der Waals surface area (Å²) >= 11 is 0. The molecular weight excluding hydrogens is 437 g/mol. The maximum Gasteiger partial charge on any atom is 0.228 e. The van der Waals surface area contributed by atoms with E-state index in [1.165, 1.54) is 0 Å². The second kappa shape index (κ2) is 6.86. The van der Waals surface area contributed by atoms with Gasteiger partial charge in [0.2, 0.25) is 5.72 Å². The lowest BCUT2D eigenvalue weighted by Gasteiger charge is -2.45. The number of likely N-dealkylation sites (N-methyl/N-ethyl adjacent to an activating group) is 1. The van der Waals surface area contributed by atoms with Crippen LogP contribution in [-0.2, 0) is 5.41 Å². The molecule has 3 nitrogen and oxygen atoms in total. The van der Waals surface area contributed by atoms with E-state index in [0.29, 0.717) is 17.0 Å². The van der Waals surface area contributed by atoms with E-state index in [2.05, 4.69) is 19.9 Å². The van der Waals surface area contributed by atoms with Crippen molar-refractivity contribution in [1.29, 1.82) is 0 Å². The molecule has 170 valence electrons. The molecule has 1 atom stereocenters. The maximum atomic E-state index is 14.2. The van der Waals surface area contributed by atoms with Gasteiger partial charge in [-0.25, -0.2) is 13.2 Å². The number of aliphatic imine (C=N–C) groups is 1. The van der Waals surface area contributed by atoms with Crippen LogP contribution >= 0.6 is 0 Å². The van der Waals surface area contributed by atoms with Gasteiger partial charge in [0.15, 0.2) is 23.2 Å². The zero-order valence-corrected chi connectivity index (χ0v) is 18.9. The minimum absolute atomic E-state index is 0.182. The number of ether oxygens (including phenoxy) is 1. The number of anilines is 1. The molecule has 1 spiro atoms. The molecule has 0 saturated heterocycles. The van der Waals surface area contributed by atoms with Crippen LogP contribution in [0.4, 0.5) is 24.5 Å². The van der Waals surface area contributed by atoms with Crippen LogP contribution in [0.25, 0.3) is 21.9 Å². The molecule has 0 fully saturated rings. The summed E-state index contributed by atoms with van der Waals surface area (Å²) in [5, 5.41) is 1.69. The zero-order valence-electron chi connectivity index (χ0n) is 18.9. The van der Waals surface area contributed by atoms with Gasteiger partial charge in [0.1, 0.15) is 5.69 Å². The van der Waals surface area contributed by atoms with Crippen molar-refractivity contribution in [1.82, 2.24) is 0 Å². The Hall–Kier alpha value is -3.80. The highest BCUT2D eigenvalue weighted by Gasteiger charge is 2.58. The molecule has 0 bridgehead atoms. The van der Waals surface area contributed by atoms with Crippen LogP contribution in [0, 0.1) is 17.5 Å². The van der Waals surface area contributed by atoms with E-state index in [1.807, 2.05) is 66.7 Å². The summed E-state index contributed by atoms with van der Waals surface area (Å²) in [6.07, 6.45) is 1.82. The molecule has 6 rings (SSSR count). The Labute approximate surface area is 195 Å². The third-order valence-electron chi connectivity index (χ3n) is 7.23. The second-order valence-corrected chi connectivity index (χ2v) is 9.33. The van der Waals surface area contributed by atoms with Gasteiger partial charge in [-0.3, -0.25) is 4.99 Å². The van der Waals surface area contributed by atoms with Crippen molar-refractivity contribution < 1.29 is 17.9 Å². The number of rotatable bonds is 1. The molecule has 2 heterocycles. The molecular formula is C28H21F3N2O. The Morgan fingerprint density at radius 2 is 1.56 bits per heavy atom. The van der Waals surface area contributed by atoms with Crippen LogP contribution in [-0.4, -0.2) is 19.0 Å². The number of hydrogen-bond acceptors (Lipinski definition) is 3. The summed E-state index contributed by atoms with van der Waals surface area (Å²) in [6, 6.07) is 19.5. The van der Waals surface area contributed by atoms with E-state index >= 15 is 0 Å². The Balaban J connectivity index is 1.64. The molecule has 0 amide bonds. The van der Waals surface area contributed by atoms with Gasteiger partial charge in [-0.15, -0.1) is 0 Å². The molecule has 0 aliphatic carbocycles. The van der Waals surface area contributed by atoms with E-state index in [9.17, 15) is 13.2 Å². The summed E-state index contributed by atoms with van der Waals surface area (Å²) in [5.41, 5.74) is 1.85. The highest BCUT2D eigenvalue weighted by molar-refractivity contribution is 6.04. The van der Waals surface area contributed by atoms with Gasteiger partial charge < -0.3 is 9.64 Å². The molecule has 0 aromatic heterocycles. The predicted octanol–water partition coefficient (Wildman–Crippen LogP) is 7.14. The van der Waals surface area contributed by atoms with Crippen LogP contribution < -0.4 is 9.64 Å². The summed E-state index contributed by atoms with van der Waals surface area (Å²) < 4.78 is 49.1. The van der Waals surface area contributed by atoms with Gasteiger partial charge in [-0.05, 0) is 54.6 Å². The smallest absolute Gasteiger partial charge is 0.228 e. The van der Waals surface area contributed by atoms with Crippen LogP contribution in [0.15, 0.2) is 71.7 Å². The molecule has 0 radical (unpaired) electrons. The number of fused-ring (bicyclic) bond motifs is 4. The number of nitrogens with zero attached hydrogens (tertiary/aromatic N) is 2. The Morgan fingerprint density at radius 3 is 2.29 bits per heavy atom. The second-order valence-electron chi connectivity index (χ2n) is 9.33. The lowest BCUT2D eigenvalue weighted by Crippen LogP contribution is -2.61. The summed E-state index contributed by atoms with van der Waals surface area (Å²) in [5.74, 6) is -3.60. The van der Waals surface area contributed by atoms with E-state index in [-0.39, 0.29) is 5.56 Å². The third kappa shape index (κ3) is 2.56. The van der Waals surface area contributed by atoms with Gasteiger partial charge in [-0.1, -0.05) is 42.5 Å². The number of para-hydroxylation sites is 1. The normalized spacial score (nSPS) is 19.9. The molecule has 4 aromatic rings. The molecule has 1 unspecified atom stereocenters. The zero-order chi connectivity index (χ0) is 23.8. The van der Waals surface area contributed by atoms with Crippen molar-refractivity contribution in [3.05, 3.63) is 89.7 Å². The fourth-order valence-electron chi connectivity index (χ4n) is 5.33. The molecule has 34 heavy (non-hydrogen) atoms. The van der Waals surface area contributed by atoms with Crippen LogP contribution in [0.1, 0.15) is 19.4 Å². The minimum Gasteiger partial charge on any atom is -0.459 e. The van der Waals surface area contributed by atoms with Crippen molar-refractivity contribution in [2.24, 2.45) is 4.99 Å². The van der Waals surface area contributed by atoms with Gasteiger partial charge >= 0.3 is 0 Å². The quantitative estimate of drug-likeness (QED) is 0.283. The molecule has 0 N–H and O–H groups in total. The van der Waals surface area contributed by atoms with E-state index in [0.717, 1.165) is 34.2 Å². The van der Waals surface area contributed by atoms with Gasteiger partial charge in [0, 0.05) is 23.7 Å².